The van der Waals surface area contributed by atoms with Gasteiger partial charge in [0, 0.05) is 11.9 Å². The minimum absolute atomic E-state index is 0.0567. The molecule has 0 saturated heterocycles. The Balaban J connectivity index is 2.21. The standard InChI is InChI=1S/C20H25F2NO/c1-13(2)9-14(3)12-24-19-6-5-16(11-18(19)20(21)22)17-7-8-23-15(4)10-17/h5-8,10-11,13-14,20H,9,12H2,1-4H3. The van der Waals surface area contributed by atoms with Crippen LogP contribution in [-0.4, -0.2) is 11.6 Å². The fourth-order valence-electron chi connectivity index (χ4n) is 2.86. The molecule has 0 saturated carbocycles. The van der Waals surface area contributed by atoms with Crippen LogP contribution in [0.25, 0.3) is 11.1 Å². The number of benzene rings is 1. The largest absolute Gasteiger partial charge is 0.493 e. The van der Waals surface area contributed by atoms with E-state index in [2.05, 4.69) is 25.8 Å². The highest BCUT2D eigenvalue weighted by Gasteiger charge is 2.17. The van der Waals surface area contributed by atoms with Crippen molar-refractivity contribution >= 4 is 0 Å². The molecule has 2 rings (SSSR count). The molecule has 0 N–H and O–H groups in total. The molecule has 0 spiro atoms. The lowest BCUT2D eigenvalue weighted by Crippen LogP contribution is -2.12. The van der Waals surface area contributed by atoms with Crippen LogP contribution in [0.3, 0.4) is 0 Å². The Kier molecular flexibility index (Phi) is 6.29. The van der Waals surface area contributed by atoms with Crippen molar-refractivity contribution in [2.75, 3.05) is 6.61 Å². The zero-order chi connectivity index (χ0) is 17.7. The van der Waals surface area contributed by atoms with Gasteiger partial charge in [-0.3, -0.25) is 4.98 Å². The SMILES string of the molecule is Cc1cc(-c2ccc(OCC(C)CC(C)C)c(C(F)F)c2)ccn1. The van der Waals surface area contributed by atoms with Gasteiger partial charge in [-0.25, -0.2) is 8.78 Å². The maximum Gasteiger partial charge on any atom is 0.267 e. The van der Waals surface area contributed by atoms with E-state index in [0.717, 1.165) is 23.2 Å². The quantitative estimate of drug-likeness (QED) is 0.615. The van der Waals surface area contributed by atoms with Crippen LogP contribution in [-0.2, 0) is 0 Å². The van der Waals surface area contributed by atoms with Crippen molar-refractivity contribution in [2.24, 2.45) is 11.8 Å². The molecule has 0 aliphatic carbocycles. The molecule has 4 heteroatoms. The van der Waals surface area contributed by atoms with Crippen molar-refractivity contribution in [3.05, 3.63) is 47.8 Å². The molecular weight excluding hydrogens is 308 g/mol. The van der Waals surface area contributed by atoms with Crippen LogP contribution < -0.4 is 4.74 Å². The Labute approximate surface area is 142 Å². The monoisotopic (exact) mass is 333 g/mol. The normalized spacial score (nSPS) is 12.7. The number of aromatic nitrogens is 1. The summed E-state index contributed by atoms with van der Waals surface area (Å²) >= 11 is 0. The first-order valence-corrected chi connectivity index (χ1v) is 8.34. The Morgan fingerprint density at radius 3 is 2.38 bits per heavy atom. The second-order valence-electron chi connectivity index (χ2n) is 6.78. The van der Waals surface area contributed by atoms with Gasteiger partial charge in [0.25, 0.3) is 6.43 Å². The third kappa shape index (κ3) is 5.02. The maximum atomic E-state index is 13.4. The number of aryl methyl sites for hydroxylation is 1. The van der Waals surface area contributed by atoms with E-state index in [1.807, 2.05) is 25.1 Å². The van der Waals surface area contributed by atoms with Gasteiger partial charge >= 0.3 is 0 Å². The molecule has 0 aliphatic heterocycles. The van der Waals surface area contributed by atoms with E-state index in [1.165, 1.54) is 6.07 Å². The highest BCUT2D eigenvalue weighted by molar-refractivity contribution is 5.66. The number of nitrogens with zero attached hydrogens (tertiary/aromatic N) is 1. The van der Waals surface area contributed by atoms with Gasteiger partial charge in [-0.05, 0) is 60.6 Å². The van der Waals surface area contributed by atoms with Gasteiger partial charge in [0.05, 0.1) is 12.2 Å². The van der Waals surface area contributed by atoms with E-state index in [0.29, 0.717) is 18.4 Å². The van der Waals surface area contributed by atoms with Gasteiger partial charge in [-0.15, -0.1) is 0 Å². The van der Waals surface area contributed by atoms with Crippen LogP contribution in [0, 0.1) is 18.8 Å². The van der Waals surface area contributed by atoms with Crippen LogP contribution in [0.1, 0.15) is 44.9 Å². The summed E-state index contributed by atoms with van der Waals surface area (Å²) in [5, 5.41) is 0. The number of pyridine rings is 1. The predicted octanol–water partition coefficient (Wildman–Crippen LogP) is 6.06. The van der Waals surface area contributed by atoms with E-state index in [9.17, 15) is 8.78 Å². The summed E-state index contributed by atoms with van der Waals surface area (Å²) in [6, 6.07) is 8.69. The molecule has 0 radical (unpaired) electrons. The van der Waals surface area contributed by atoms with Crippen molar-refractivity contribution in [1.29, 1.82) is 0 Å². The molecule has 1 unspecified atom stereocenters. The Morgan fingerprint density at radius 1 is 1.04 bits per heavy atom. The molecule has 0 bridgehead atoms. The minimum Gasteiger partial charge on any atom is -0.493 e. The van der Waals surface area contributed by atoms with Crippen molar-refractivity contribution in [2.45, 2.75) is 40.5 Å². The molecule has 1 aromatic heterocycles. The van der Waals surface area contributed by atoms with Gasteiger partial charge < -0.3 is 4.74 Å². The lowest BCUT2D eigenvalue weighted by molar-refractivity contribution is 0.142. The lowest BCUT2D eigenvalue weighted by atomic mass is 9.99. The van der Waals surface area contributed by atoms with Crippen LogP contribution in [0.15, 0.2) is 36.5 Å². The van der Waals surface area contributed by atoms with Crippen molar-refractivity contribution < 1.29 is 13.5 Å². The molecule has 2 nitrogen and oxygen atoms in total. The molecular formula is C20H25F2NO. The van der Waals surface area contributed by atoms with Crippen LogP contribution in [0.2, 0.25) is 0 Å². The van der Waals surface area contributed by atoms with Gasteiger partial charge in [-0.1, -0.05) is 26.8 Å². The smallest absolute Gasteiger partial charge is 0.267 e. The molecule has 0 amide bonds. The van der Waals surface area contributed by atoms with Crippen LogP contribution in [0.5, 0.6) is 5.75 Å². The fourth-order valence-corrected chi connectivity index (χ4v) is 2.86. The summed E-state index contributed by atoms with van der Waals surface area (Å²) in [5.41, 5.74) is 2.43. The first-order chi connectivity index (χ1) is 11.4. The molecule has 2 aromatic rings. The zero-order valence-corrected chi connectivity index (χ0v) is 14.7. The van der Waals surface area contributed by atoms with Crippen LogP contribution >= 0.6 is 0 Å². The van der Waals surface area contributed by atoms with E-state index in [4.69, 9.17) is 4.74 Å². The number of hydrogen-bond acceptors (Lipinski definition) is 2. The predicted molar refractivity (Wildman–Crippen MR) is 93.5 cm³/mol. The summed E-state index contributed by atoms with van der Waals surface area (Å²) < 4.78 is 32.6. The number of rotatable bonds is 7. The van der Waals surface area contributed by atoms with E-state index >= 15 is 0 Å². The summed E-state index contributed by atoms with van der Waals surface area (Å²) in [6.07, 6.45) is 0.131. The summed E-state index contributed by atoms with van der Waals surface area (Å²) in [7, 11) is 0. The summed E-state index contributed by atoms with van der Waals surface area (Å²) in [4.78, 5) is 4.14. The van der Waals surface area contributed by atoms with Crippen molar-refractivity contribution in [3.8, 4) is 16.9 Å². The number of hydrogen-bond donors (Lipinski definition) is 0. The van der Waals surface area contributed by atoms with Gasteiger partial charge in [0.15, 0.2) is 0 Å². The highest BCUT2D eigenvalue weighted by Crippen LogP contribution is 2.34. The van der Waals surface area contributed by atoms with Crippen molar-refractivity contribution in [1.82, 2.24) is 4.98 Å². The van der Waals surface area contributed by atoms with Gasteiger partial charge in [-0.2, -0.15) is 0 Å². The summed E-state index contributed by atoms with van der Waals surface area (Å²) in [6.45, 7) is 8.70. The van der Waals surface area contributed by atoms with Crippen molar-refractivity contribution in [3.63, 3.8) is 0 Å². The third-order valence-electron chi connectivity index (χ3n) is 3.87. The Bertz CT molecular complexity index is 670. The topological polar surface area (TPSA) is 22.1 Å². The van der Waals surface area contributed by atoms with Gasteiger partial charge in [0.1, 0.15) is 5.75 Å². The highest BCUT2D eigenvalue weighted by atomic mass is 19.3. The molecule has 24 heavy (non-hydrogen) atoms. The van der Waals surface area contributed by atoms with E-state index < -0.39 is 6.43 Å². The minimum atomic E-state index is -2.57. The van der Waals surface area contributed by atoms with Gasteiger partial charge in [0.2, 0.25) is 0 Å². The molecule has 1 aromatic carbocycles. The lowest BCUT2D eigenvalue weighted by Gasteiger charge is -2.17. The van der Waals surface area contributed by atoms with E-state index in [1.54, 1.807) is 12.3 Å². The number of ether oxygens (including phenoxy) is 1. The first-order valence-electron chi connectivity index (χ1n) is 8.34. The fraction of sp³-hybridized carbons (Fsp3) is 0.450. The second-order valence-corrected chi connectivity index (χ2v) is 6.78. The van der Waals surface area contributed by atoms with Crippen LogP contribution in [0.4, 0.5) is 8.78 Å². The molecule has 130 valence electrons. The first kappa shape index (κ1) is 18.4. The average Bonchev–Trinajstić information content (AvgIpc) is 2.52. The Morgan fingerprint density at radius 2 is 1.75 bits per heavy atom. The molecule has 0 fully saturated rings. The average molecular weight is 333 g/mol. The second kappa shape index (κ2) is 8.22. The Hall–Kier alpha value is -1.97. The third-order valence-corrected chi connectivity index (χ3v) is 3.87. The zero-order valence-electron chi connectivity index (χ0n) is 14.7. The summed E-state index contributed by atoms with van der Waals surface area (Å²) in [5.74, 6) is 1.17. The molecule has 1 heterocycles. The number of halogens is 2. The molecule has 0 aliphatic rings. The van der Waals surface area contributed by atoms with E-state index in [-0.39, 0.29) is 11.3 Å². The molecule has 1 atom stereocenters. The maximum absolute atomic E-state index is 13.4. The number of alkyl halides is 2.